The first kappa shape index (κ1) is 29.9. The molecule has 4 rings (SSSR count). The van der Waals surface area contributed by atoms with Gasteiger partial charge in [-0.25, -0.2) is 26.3 Å². The lowest BCUT2D eigenvalue weighted by Gasteiger charge is -2.21. The predicted octanol–water partition coefficient (Wildman–Crippen LogP) is 9.95. The molecular formula is C29H17F11O. The molecule has 0 radical (unpaired) electrons. The van der Waals surface area contributed by atoms with Crippen LogP contribution in [-0.2, 0) is 18.7 Å². The highest BCUT2D eigenvalue weighted by atomic mass is 19.4. The highest BCUT2D eigenvalue weighted by molar-refractivity contribution is 5.72. The second kappa shape index (κ2) is 11.1. The SMILES string of the molecule is CCCc1ccc(-c2cc(F)c(-c3cc(F)c(C(F)(F)Oc4cc(F)c(C(F)(F)F)c(F)c4)c(F)c3)c(F)c2)cc1. The zero-order valence-electron chi connectivity index (χ0n) is 20.8. The molecule has 0 amide bonds. The summed E-state index contributed by atoms with van der Waals surface area (Å²) in [5, 5.41) is 0. The molecule has 0 fully saturated rings. The smallest absolute Gasteiger partial charge is 0.429 e. The fourth-order valence-electron chi connectivity index (χ4n) is 4.24. The van der Waals surface area contributed by atoms with Crippen LogP contribution in [0.3, 0.4) is 0 Å². The number of halogens is 11. The molecule has 0 aliphatic heterocycles. The second-order valence-electron chi connectivity index (χ2n) is 8.96. The van der Waals surface area contributed by atoms with Crippen molar-refractivity contribution in [2.24, 2.45) is 0 Å². The van der Waals surface area contributed by atoms with Crippen molar-refractivity contribution in [1.29, 1.82) is 0 Å². The maximum Gasteiger partial charge on any atom is 0.432 e. The Balaban J connectivity index is 1.67. The summed E-state index contributed by atoms with van der Waals surface area (Å²) < 4.78 is 158. The zero-order chi connectivity index (χ0) is 30.3. The van der Waals surface area contributed by atoms with Gasteiger partial charge in [0.2, 0.25) is 0 Å². The molecule has 0 aliphatic rings. The van der Waals surface area contributed by atoms with Gasteiger partial charge in [0.1, 0.15) is 51.8 Å². The van der Waals surface area contributed by atoms with Crippen LogP contribution in [0.4, 0.5) is 48.3 Å². The van der Waals surface area contributed by atoms with Gasteiger partial charge in [-0.05, 0) is 52.9 Å². The van der Waals surface area contributed by atoms with E-state index < -0.39 is 75.2 Å². The van der Waals surface area contributed by atoms with Crippen LogP contribution in [0, 0.1) is 34.9 Å². The Bertz CT molecular complexity index is 1520. The fraction of sp³-hybridized carbons (Fsp3) is 0.172. The molecule has 0 aliphatic carbocycles. The van der Waals surface area contributed by atoms with E-state index in [1.807, 2.05) is 6.92 Å². The van der Waals surface area contributed by atoms with Crippen molar-refractivity contribution in [2.45, 2.75) is 32.1 Å². The number of hydrogen-bond acceptors (Lipinski definition) is 1. The monoisotopic (exact) mass is 590 g/mol. The lowest BCUT2D eigenvalue weighted by molar-refractivity contribution is -0.189. The first-order chi connectivity index (χ1) is 19.1. The number of alkyl halides is 5. The highest BCUT2D eigenvalue weighted by Gasteiger charge is 2.43. The lowest BCUT2D eigenvalue weighted by atomic mass is 9.96. The molecule has 0 saturated heterocycles. The topological polar surface area (TPSA) is 9.23 Å². The van der Waals surface area contributed by atoms with Gasteiger partial charge in [0, 0.05) is 12.1 Å². The summed E-state index contributed by atoms with van der Waals surface area (Å²) in [6.45, 7) is 1.98. The Kier molecular flexibility index (Phi) is 8.06. The largest absolute Gasteiger partial charge is 0.432 e. The van der Waals surface area contributed by atoms with Crippen LogP contribution in [0.5, 0.6) is 5.75 Å². The maximum atomic E-state index is 15.0. The quantitative estimate of drug-likeness (QED) is 0.195. The third-order valence-electron chi connectivity index (χ3n) is 6.04. The van der Waals surface area contributed by atoms with E-state index in [-0.39, 0.29) is 29.8 Å². The molecular weight excluding hydrogens is 573 g/mol. The molecule has 0 unspecified atom stereocenters. The minimum Gasteiger partial charge on any atom is -0.429 e. The zero-order valence-corrected chi connectivity index (χ0v) is 20.8. The molecule has 0 aromatic heterocycles. The number of aryl methyl sites for hydroxylation is 1. The van der Waals surface area contributed by atoms with Gasteiger partial charge in [-0.1, -0.05) is 37.6 Å². The van der Waals surface area contributed by atoms with E-state index >= 15 is 0 Å². The average molecular weight is 590 g/mol. The lowest BCUT2D eigenvalue weighted by Crippen LogP contribution is -2.25. The van der Waals surface area contributed by atoms with Gasteiger partial charge >= 0.3 is 12.3 Å². The number of rotatable bonds is 7. The van der Waals surface area contributed by atoms with Gasteiger partial charge in [-0.15, -0.1) is 0 Å². The molecule has 216 valence electrons. The van der Waals surface area contributed by atoms with Gasteiger partial charge in [0.25, 0.3) is 0 Å². The first-order valence-electron chi connectivity index (χ1n) is 11.8. The van der Waals surface area contributed by atoms with Crippen LogP contribution in [0.15, 0.2) is 60.7 Å². The predicted molar refractivity (Wildman–Crippen MR) is 127 cm³/mol. The van der Waals surface area contributed by atoms with Crippen LogP contribution in [-0.4, -0.2) is 0 Å². The normalized spacial score (nSPS) is 12.1. The molecule has 12 heteroatoms. The maximum absolute atomic E-state index is 15.0. The van der Waals surface area contributed by atoms with Gasteiger partial charge in [-0.2, -0.15) is 22.0 Å². The summed E-state index contributed by atoms with van der Waals surface area (Å²) in [5.41, 5.74) is -4.71. The molecule has 41 heavy (non-hydrogen) atoms. The van der Waals surface area contributed by atoms with Crippen LogP contribution >= 0.6 is 0 Å². The van der Waals surface area contributed by atoms with E-state index in [9.17, 15) is 48.3 Å². The number of hydrogen-bond donors (Lipinski definition) is 0. The van der Waals surface area contributed by atoms with E-state index in [1.54, 1.807) is 24.3 Å². The van der Waals surface area contributed by atoms with Crippen molar-refractivity contribution in [1.82, 2.24) is 0 Å². The third-order valence-corrected chi connectivity index (χ3v) is 6.04. The first-order valence-corrected chi connectivity index (χ1v) is 11.8. The van der Waals surface area contributed by atoms with Gasteiger partial charge in [0.05, 0.1) is 5.56 Å². The average Bonchev–Trinajstić information content (AvgIpc) is 2.82. The van der Waals surface area contributed by atoms with E-state index in [0.717, 1.165) is 30.5 Å². The second-order valence-corrected chi connectivity index (χ2v) is 8.96. The van der Waals surface area contributed by atoms with Crippen molar-refractivity contribution >= 4 is 0 Å². The van der Waals surface area contributed by atoms with Crippen molar-refractivity contribution in [2.75, 3.05) is 0 Å². The molecule has 1 nitrogen and oxygen atoms in total. The summed E-state index contributed by atoms with van der Waals surface area (Å²) in [6, 6.07) is 8.46. The highest BCUT2D eigenvalue weighted by Crippen LogP contribution is 2.41. The Morgan fingerprint density at radius 2 is 1.02 bits per heavy atom. The summed E-state index contributed by atoms with van der Waals surface area (Å²) in [4.78, 5) is 0. The van der Waals surface area contributed by atoms with Crippen molar-refractivity contribution in [3.05, 3.63) is 112 Å². The van der Waals surface area contributed by atoms with Crippen LogP contribution < -0.4 is 4.74 Å². The van der Waals surface area contributed by atoms with Crippen molar-refractivity contribution in [3.8, 4) is 28.0 Å². The Morgan fingerprint density at radius 3 is 1.49 bits per heavy atom. The van der Waals surface area contributed by atoms with Crippen LogP contribution in [0.25, 0.3) is 22.3 Å². The molecule has 4 aromatic carbocycles. The summed E-state index contributed by atoms with van der Waals surface area (Å²) in [7, 11) is 0. The molecule has 0 N–H and O–H groups in total. The van der Waals surface area contributed by atoms with Gasteiger partial charge in [-0.3, -0.25) is 0 Å². The van der Waals surface area contributed by atoms with Crippen LogP contribution in [0.1, 0.15) is 30.0 Å². The van der Waals surface area contributed by atoms with E-state index in [2.05, 4.69) is 4.74 Å². The molecule has 0 spiro atoms. The van der Waals surface area contributed by atoms with Gasteiger partial charge < -0.3 is 4.74 Å². The van der Waals surface area contributed by atoms with E-state index in [0.29, 0.717) is 5.56 Å². The summed E-state index contributed by atoms with van der Waals surface area (Å²) in [5.74, 6) is -12.8. The minimum atomic E-state index is -5.51. The third kappa shape index (κ3) is 6.15. The fourth-order valence-corrected chi connectivity index (χ4v) is 4.24. The number of benzene rings is 4. The Hall–Kier alpha value is -4.09. The number of ether oxygens (including phenoxy) is 1. The van der Waals surface area contributed by atoms with Crippen LogP contribution in [0.2, 0.25) is 0 Å². The summed E-state index contributed by atoms with van der Waals surface area (Å²) >= 11 is 0. The van der Waals surface area contributed by atoms with E-state index in [4.69, 9.17) is 0 Å². The molecule has 4 aromatic rings. The van der Waals surface area contributed by atoms with Crippen molar-refractivity contribution in [3.63, 3.8) is 0 Å². The van der Waals surface area contributed by atoms with Gasteiger partial charge in [0.15, 0.2) is 0 Å². The summed E-state index contributed by atoms with van der Waals surface area (Å²) in [6.07, 6.45) is -8.85. The molecule has 0 bridgehead atoms. The Labute approximate surface area is 225 Å². The molecule has 0 heterocycles. The molecule has 0 saturated carbocycles. The van der Waals surface area contributed by atoms with Crippen molar-refractivity contribution < 1.29 is 53.0 Å². The van der Waals surface area contributed by atoms with E-state index in [1.165, 1.54) is 0 Å². The Morgan fingerprint density at radius 1 is 0.561 bits per heavy atom. The standard InChI is InChI=1S/C29H17F11O/c1-2-3-14-4-6-15(7-5-14)16-8-19(30)25(20(31)9-16)17-10-21(32)27(22(33)11-17)29(39,40)41-18-12-23(34)26(24(35)13-18)28(36,37)38/h4-13H,2-3H2,1H3. The minimum absolute atomic E-state index is 0.0975. The molecule has 0 atom stereocenters.